The minimum Gasteiger partial charge on any atom is -0.264 e. The summed E-state index contributed by atoms with van der Waals surface area (Å²) in [5.74, 6) is 0. The molecule has 0 amide bonds. The second kappa shape index (κ2) is 5.01. The normalized spacial score (nSPS) is 12.5. The van der Waals surface area contributed by atoms with Gasteiger partial charge in [0.25, 0.3) is 0 Å². The molecule has 0 radical (unpaired) electrons. The molecule has 0 aliphatic rings. The van der Waals surface area contributed by atoms with E-state index in [9.17, 15) is 0 Å². The third kappa shape index (κ3) is 2.90. The third-order valence-corrected chi connectivity index (χ3v) is 3.55. The van der Waals surface area contributed by atoms with Crippen molar-refractivity contribution in [3.05, 3.63) is 48.0 Å². The van der Waals surface area contributed by atoms with Crippen LogP contribution in [0.1, 0.15) is 52.7 Å². The second-order valence-electron chi connectivity index (χ2n) is 7.34. The van der Waals surface area contributed by atoms with Crippen molar-refractivity contribution in [3.8, 4) is 11.1 Å². The first-order valence-corrected chi connectivity index (χ1v) is 7.10. The van der Waals surface area contributed by atoms with Crippen molar-refractivity contribution in [2.24, 2.45) is 0 Å². The van der Waals surface area contributed by atoms with Crippen molar-refractivity contribution in [1.29, 1.82) is 0 Å². The van der Waals surface area contributed by atoms with E-state index in [0.29, 0.717) is 0 Å². The van der Waals surface area contributed by atoms with Gasteiger partial charge in [-0.1, -0.05) is 41.5 Å². The molecule has 2 nitrogen and oxygen atoms in total. The number of hydrogen-bond donors (Lipinski definition) is 0. The molecule has 2 heteroatoms. The summed E-state index contributed by atoms with van der Waals surface area (Å²) in [7, 11) is 0. The van der Waals surface area contributed by atoms with E-state index in [1.807, 2.05) is 24.8 Å². The zero-order chi connectivity index (χ0) is 15.0. The summed E-state index contributed by atoms with van der Waals surface area (Å²) < 4.78 is 0. The molecular formula is C18H24N2. The van der Waals surface area contributed by atoms with Gasteiger partial charge in [-0.3, -0.25) is 9.97 Å². The molecule has 0 aliphatic heterocycles. The topological polar surface area (TPSA) is 25.8 Å². The highest BCUT2D eigenvalue weighted by Gasteiger charge is 2.24. The highest BCUT2D eigenvalue weighted by atomic mass is 14.6. The molecule has 0 saturated carbocycles. The average molecular weight is 268 g/mol. The summed E-state index contributed by atoms with van der Waals surface area (Å²) in [6.07, 6.45) is 7.72. The van der Waals surface area contributed by atoms with Crippen LogP contribution in [0.4, 0.5) is 0 Å². The Kier molecular flexibility index (Phi) is 3.68. The summed E-state index contributed by atoms with van der Waals surface area (Å²) in [6.45, 7) is 13.4. The smallest absolute Gasteiger partial charge is 0.0311 e. The zero-order valence-electron chi connectivity index (χ0n) is 13.4. The Morgan fingerprint density at radius 2 is 1.00 bits per heavy atom. The number of hydrogen-bond acceptors (Lipinski definition) is 2. The van der Waals surface area contributed by atoms with Gasteiger partial charge in [-0.15, -0.1) is 0 Å². The second-order valence-corrected chi connectivity index (χ2v) is 7.34. The molecule has 2 rings (SSSR count). The van der Waals surface area contributed by atoms with Gasteiger partial charge in [-0.2, -0.15) is 0 Å². The lowest BCUT2D eigenvalue weighted by Crippen LogP contribution is -2.16. The largest absolute Gasteiger partial charge is 0.264 e. The average Bonchev–Trinajstić information content (AvgIpc) is 2.37. The zero-order valence-corrected chi connectivity index (χ0v) is 13.4. The van der Waals surface area contributed by atoms with Crippen LogP contribution in [-0.2, 0) is 10.8 Å². The Hall–Kier alpha value is -1.70. The number of nitrogens with zero attached hydrogens (tertiary/aromatic N) is 2. The van der Waals surface area contributed by atoms with Crippen molar-refractivity contribution in [2.75, 3.05) is 0 Å². The highest BCUT2D eigenvalue weighted by molar-refractivity contribution is 5.71. The molecule has 0 aliphatic carbocycles. The SMILES string of the molecule is CC(C)(C)c1cnccc1-c1ccncc1C(C)(C)C. The lowest BCUT2D eigenvalue weighted by atomic mass is 9.78. The van der Waals surface area contributed by atoms with E-state index < -0.39 is 0 Å². The molecule has 2 aromatic rings. The van der Waals surface area contributed by atoms with Crippen molar-refractivity contribution in [3.63, 3.8) is 0 Å². The summed E-state index contributed by atoms with van der Waals surface area (Å²) in [4.78, 5) is 8.63. The van der Waals surface area contributed by atoms with Gasteiger partial charge in [-0.25, -0.2) is 0 Å². The van der Waals surface area contributed by atoms with Gasteiger partial charge in [0, 0.05) is 24.8 Å². The molecule has 2 heterocycles. The van der Waals surface area contributed by atoms with Gasteiger partial charge in [0.05, 0.1) is 0 Å². The molecule has 0 fully saturated rings. The van der Waals surface area contributed by atoms with Crippen LogP contribution in [0.3, 0.4) is 0 Å². The summed E-state index contributed by atoms with van der Waals surface area (Å²) >= 11 is 0. The van der Waals surface area contributed by atoms with Crippen LogP contribution >= 0.6 is 0 Å². The summed E-state index contributed by atoms with van der Waals surface area (Å²) in [5.41, 5.74) is 5.22. The molecule has 0 spiro atoms. The summed E-state index contributed by atoms with van der Waals surface area (Å²) in [5, 5.41) is 0. The maximum absolute atomic E-state index is 4.31. The lowest BCUT2D eigenvalue weighted by Gasteiger charge is -2.27. The fraction of sp³-hybridized carbons (Fsp3) is 0.444. The van der Waals surface area contributed by atoms with Crippen LogP contribution in [0.15, 0.2) is 36.9 Å². The molecule has 106 valence electrons. The Morgan fingerprint density at radius 1 is 0.650 bits per heavy atom. The van der Waals surface area contributed by atoms with Crippen LogP contribution in [0.2, 0.25) is 0 Å². The van der Waals surface area contributed by atoms with E-state index in [0.717, 1.165) is 0 Å². The van der Waals surface area contributed by atoms with Crippen molar-refractivity contribution in [2.45, 2.75) is 52.4 Å². The highest BCUT2D eigenvalue weighted by Crippen LogP contribution is 2.37. The predicted octanol–water partition coefficient (Wildman–Crippen LogP) is 4.74. The first-order chi connectivity index (χ1) is 9.21. The monoisotopic (exact) mass is 268 g/mol. The molecule has 0 saturated heterocycles. The Balaban J connectivity index is 2.71. The van der Waals surface area contributed by atoms with Gasteiger partial charge >= 0.3 is 0 Å². The predicted molar refractivity (Wildman–Crippen MR) is 84.9 cm³/mol. The van der Waals surface area contributed by atoms with Crippen LogP contribution in [0, 0.1) is 0 Å². The Labute approximate surface area is 122 Å². The minimum atomic E-state index is 0.0714. The number of rotatable bonds is 1. The van der Waals surface area contributed by atoms with E-state index >= 15 is 0 Å². The molecule has 0 bridgehead atoms. The number of aromatic nitrogens is 2. The standard InChI is InChI=1S/C18H24N2/c1-17(2,3)15-11-19-9-7-13(15)14-8-10-20-12-16(14)18(4,5)6/h7-12H,1-6H3. The molecule has 0 atom stereocenters. The van der Waals surface area contributed by atoms with Crippen molar-refractivity contribution >= 4 is 0 Å². The fourth-order valence-corrected chi connectivity index (χ4v) is 2.45. The van der Waals surface area contributed by atoms with Crippen molar-refractivity contribution in [1.82, 2.24) is 9.97 Å². The third-order valence-electron chi connectivity index (χ3n) is 3.55. The van der Waals surface area contributed by atoms with Crippen LogP contribution < -0.4 is 0 Å². The van der Waals surface area contributed by atoms with Gasteiger partial charge < -0.3 is 0 Å². The number of pyridine rings is 2. The molecule has 0 aromatic carbocycles. The quantitative estimate of drug-likeness (QED) is 0.746. The van der Waals surface area contributed by atoms with Crippen LogP contribution in [-0.4, -0.2) is 9.97 Å². The van der Waals surface area contributed by atoms with E-state index in [1.165, 1.54) is 22.3 Å². The van der Waals surface area contributed by atoms with Gasteiger partial charge in [0.2, 0.25) is 0 Å². The maximum atomic E-state index is 4.31. The van der Waals surface area contributed by atoms with E-state index in [-0.39, 0.29) is 10.8 Å². The molecular weight excluding hydrogens is 244 g/mol. The summed E-state index contributed by atoms with van der Waals surface area (Å²) in [6, 6.07) is 4.23. The van der Waals surface area contributed by atoms with Gasteiger partial charge in [0.1, 0.15) is 0 Å². The Morgan fingerprint density at radius 3 is 1.30 bits per heavy atom. The molecule has 0 unspecified atom stereocenters. The van der Waals surface area contributed by atoms with E-state index in [4.69, 9.17) is 0 Å². The van der Waals surface area contributed by atoms with Gasteiger partial charge in [0.15, 0.2) is 0 Å². The molecule has 2 aromatic heterocycles. The first kappa shape index (κ1) is 14.7. The fourth-order valence-electron chi connectivity index (χ4n) is 2.45. The van der Waals surface area contributed by atoms with E-state index in [2.05, 4.69) is 63.6 Å². The lowest BCUT2D eigenvalue weighted by molar-refractivity contribution is 0.582. The Bertz CT molecular complexity index is 546. The van der Waals surface area contributed by atoms with Crippen LogP contribution in [0.25, 0.3) is 11.1 Å². The molecule has 20 heavy (non-hydrogen) atoms. The molecule has 0 N–H and O–H groups in total. The van der Waals surface area contributed by atoms with Crippen molar-refractivity contribution < 1.29 is 0 Å². The maximum Gasteiger partial charge on any atom is 0.0311 e. The van der Waals surface area contributed by atoms with Crippen LogP contribution in [0.5, 0.6) is 0 Å². The first-order valence-electron chi connectivity index (χ1n) is 7.10. The van der Waals surface area contributed by atoms with Gasteiger partial charge in [-0.05, 0) is 45.2 Å². The minimum absolute atomic E-state index is 0.0714. The van der Waals surface area contributed by atoms with E-state index in [1.54, 1.807) is 0 Å².